The zero-order valence-electron chi connectivity index (χ0n) is 15.3. The summed E-state index contributed by atoms with van der Waals surface area (Å²) in [5, 5.41) is -5.65. The van der Waals surface area contributed by atoms with Crippen molar-refractivity contribution in [3.8, 4) is 0 Å². The van der Waals surface area contributed by atoms with Gasteiger partial charge in [-0.05, 0) is 6.92 Å². The summed E-state index contributed by atoms with van der Waals surface area (Å²) in [4.78, 5) is 51.2. The molecule has 174 valence electrons. The van der Waals surface area contributed by atoms with Gasteiger partial charge in [0.2, 0.25) is 7.57 Å². The van der Waals surface area contributed by atoms with Crippen LogP contribution in [0.1, 0.15) is 18.2 Å². The van der Waals surface area contributed by atoms with E-state index in [1.54, 1.807) is 0 Å². The number of nitrogens with one attached hydrogen (secondary N) is 1. The summed E-state index contributed by atoms with van der Waals surface area (Å²) in [6.07, 6.45) is -4.12. The Kier molecular flexibility index (Phi) is 7.39. The van der Waals surface area contributed by atoms with Crippen LogP contribution in [0.4, 0.5) is 13.2 Å². The highest BCUT2D eigenvalue weighted by molar-refractivity contribution is 7.86. The smallest absolute Gasteiger partial charge is 0.349 e. The maximum atomic E-state index is 14.2. The van der Waals surface area contributed by atoms with E-state index in [4.69, 9.17) is 27.0 Å². The van der Waals surface area contributed by atoms with E-state index in [1.165, 1.54) is 6.92 Å². The number of aryl methyl sites for hydroxylation is 1. The highest BCUT2D eigenvalue weighted by Crippen LogP contribution is 2.77. The number of aromatic nitrogens is 2. The molecule has 2 heterocycles. The Morgan fingerprint density at radius 2 is 1.90 bits per heavy atom. The Morgan fingerprint density at radius 3 is 2.45 bits per heavy atom. The summed E-state index contributed by atoms with van der Waals surface area (Å²) in [7, 11) is -13.6. The van der Waals surface area contributed by atoms with Crippen LogP contribution in [0.15, 0.2) is 15.8 Å². The molecule has 1 aliphatic heterocycles. The molecule has 1 aliphatic rings. The van der Waals surface area contributed by atoms with Gasteiger partial charge in [-0.15, -0.1) is 0 Å². The van der Waals surface area contributed by atoms with Crippen molar-refractivity contribution in [3.63, 3.8) is 0 Å². The molecule has 2 rings (SSSR count). The molecular weight excluding hydrogens is 497 g/mol. The first-order chi connectivity index (χ1) is 13.9. The molecule has 5 atom stereocenters. The summed E-state index contributed by atoms with van der Waals surface area (Å²) in [6.45, 7) is 0.282. The van der Waals surface area contributed by atoms with Crippen LogP contribution in [0, 0.1) is 6.92 Å². The molecule has 2 unspecified atom stereocenters. The lowest BCUT2D eigenvalue weighted by Crippen LogP contribution is -2.33. The third-order valence-electron chi connectivity index (χ3n) is 3.95. The van der Waals surface area contributed by atoms with Gasteiger partial charge in [-0.25, -0.2) is 13.5 Å². The van der Waals surface area contributed by atoms with Crippen molar-refractivity contribution < 1.29 is 55.1 Å². The molecule has 20 heteroatoms. The summed E-state index contributed by atoms with van der Waals surface area (Å²) >= 11 is 0. The van der Waals surface area contributed by atoms with E-state index in [1.807, 2.05) is 4.98 Å². The molecule has 13 nitrogen and oxygen atoms in total. The van der Waals surface area contributed by atoms with Gasteiger partial charge in [0, 0.05) is 18.2 Å². The molecule has 1 saturated heterocycles. The summed E-state index contributed by atoms with van der Waals surface area (Å²) in [6, 6.07) is 0. The van der Waals surface area contributed by atoms with Crippen molar-refractivity contribution in [2.45, 2.75) is 37.3 Å². The molecule has 0 aliphatic carbocycles. The van der Waals surface area contributed by atoms with E-state index in [0.29, 0.717) is 0 Å². The minimum atomic E-state index is -6.62. The number of alkyl halides is 3. The largest absolute Gasteiger partial charge is 0.444 e. The average molecular weight is 512 g/mol. The second kappa shape index (κ2) is 8.73. The highest BCUT2D eigenvalue weighted by Gasteiger charge is 2.66. The third-order valence-corrected chi connectivity index (χ3v) is 9.18. The lowest BCUT2D eigenvalue weighted by molar-refractivity contribution is -0.0315. The topological polar surface area (TPSA) is 194 Å². The van der Waals surface area contributed by atoms with Gasteiger partial charge in [0.25, 0.3) is 13.0 Å². The lowest BCUT2D eigenvalue weighted by Gasteiger charge is -2.26. The van der Waals surface area contributed by atoms with E-state index in [9.17, 15) is 36.5 Å². The molecule has 0 amide bonds. The quantitative estimate of drug-likeness (QED) is 0.283. The average Bonchev–Trinajstić information content (AvgIpc) is 2.95. The molecule has 1 aromatic rings. The second-order valence-corrected chi connectivity index (χ2v) is 11.9. The number of hydrogen-bond donors (Lipinski definition) is 4. The van der Waals surface area contributed by atoms with Crippen molar-refractivity contribution in [1.82, 2.24) is 9.55 Å². The van der Waals surface area contributed by atoms with Gasteiger partial charge in [-0.2, -0.15) is 8.78 Å². The fraction of sp³-hybridized carbons (Fsp3) is 0.636. The normalized spacial score (nSPS) is 26.4. The minimum Gasteiger partial charge on any atom is -0.349 e. The van der Waals surface area contributed by atoms with Crippen LogP contribution in [0.3, 0.4) is 0 Å². The Labute approximate surface area is 172 Å². The predicted molar refractivity (Wildman–Crippen MR) is 96.7 cm³/mol. The monoisotopic (exact) mass is 512 g/mol. The number of nitrogens with zero attached hydrogens (tertiary/aromatic N) is 1. The van der Waals surface area contributed by atoms with Crippen LogP contribution in [0.25, 0.3) is 0 Å². The van der Waals surface area contributed by atoms with Crippen LogP contribution >= 0.6 is 22.7 Å². The maximum absolute atomic E-state index is 14.2. The van der Waals surface area contributed by atoms with Crippen molar-refractivity contribution >= 4 is 30.2 Å². The van der Waals surface area contributed by atoms with E-state index in [-0.39, 0.29) is 5.56 Å². The minimum absolute atomic E-state index is 0.0999. The van der Waals surface area contributed by atoms with E-state index in [0.717, 1.165) is 10.8 Å². The Balaban J connectivity index is 2.09. The first-order valence-corrected chi connectivity index (χ1v) is 12.8. The first-order valence-electron chi connectivity index (χ1n) is 8.00. The van der Waals surface area contributed by atoms with Crippen LogP contribution in [0.5, 0.6) is 0 Å². The van der Waals surface area contributed by atoms with Crippen molar-refractivity contribution in [2.24, 2.45) is 0 Å². The van der Waals surface area contributed by atoms with E-state index >= 15 is 0 Å². The number of rotatable bonds is 8. The van der Waals surface area contributed by atoms with Crippen LogP contribution in [-0.2, 0) is 27.3 Å². The van der Waals surface area contributed by atoms with Gasteiger partial charge < -0.3 is 23.9 Å². The number of ether oxygens (including phenoxy) is 1. The van der Waals surface area contributed by atoms with E-state index < -0.39 is 70.9 Å². The molecule has 0 bridgehead atoms. The fourth-order valence-electron chi connectivity index (χ4n) is 2.38. The standard InChI is InChI=1S/C11H15BF3N2O11P3/c1-5-3-17(10(19)16-9(5)18)8-2-6(13)7(27-8)4-26-31(12,25)28-30(23,24)11(14,15)29(20,21)22/h3,6-8H,2,4H2,1H3,(H,23,24)(H,16,18,19)(H2,20,21,22)/t6-,7+,8+,31?/m0/s1. The van der Waals surface area contributed by atoms with Crippen molar-refractivity contribution in [3.05, 3.63) is 32.6 Å². The molecule has 1 aromatic heterocycles. The number of halogens is 3. The molecule has 0 saturated carbocycles. The lowest BCUT2D eigenvalue weighted by atomic mass is 10.2. The summed E-state index contributed by atoms with van der Waals surface area (Å²) in [5.74, 6) is 0. The second-order valence-electron chi connectivity index (χ2n) is 6.35. The van der Waals surface area contributed by atoms with Crippen LogP contribution in [-0.4, -0.2) is 56.1 Å². The zero-order valence-corrected chi connectivity index (χ0v) is 18.0. The highest BCUT2D eigenvalue weighted by atomic mass is 31.3. The Bertz CT molecular complexity index is 1100. The van der Waals surface area contributed by atoms with Crippen molar-refractivity contribution in [1.29, 1.82) is 0 Å². The van der Waals surface area contributed by atoms with Crippen molar-refractivity contribution in [2.75, 3.05) is 6.61 Å². The van der Waals surface area contributed by atoms with Gasteiger partial charge >= 0.3 is 26.3 Å². The van der Waals surface area contributed by atoms with E-state index in [2.05, 4.69) is 8.83 Å². The maximum Gasteiger partial charge on any atom is 0.444 e. The summed E-state index contributed by atoms with van der Waals surface area (Å²) < 4.78 is 89.1. The van der Waals surface area contributed by atoms with Crippen LogP contribution < -0.4 is 11.2 Å². The molecular formula is C11H15BF3N2O11P3. The summed E-state index contributed by atoms with van der Waals surface area (Å²) in [5.41, 5.74) is -1.51. The first kappa shape index (κ1) is 26.2. The predicted octanol–water partition coefficient (Wildman–Crippen LogP) is 0.694. The molecule has 31 heavy (non-hydrogen) atoms. The molecule has 4 N–H and O–H groups in total. The fourth-order valence-corrected chi connectivity index (χ4v) is 6.19. The Morgan fingerprint density at radius 1 is 1.32 bits per heavy atom. The number of H-pyrrole nitrogens is 1. The van der Waals surface area contributed by atoms with Gasteiger partial charge in [0.1, 0.15) is 18.5 Å². The molecule has 1 fully saturated rings. The van der Waals surface area contributed by atoms with Crippen LogP contribution in [0.2, 0.25) is 0 Å². The zero-order chi connectivity index (χ0) is 24.0. The Hall–Kier alpha value is -1.02. The molecule has 2 radical (unpaired) electrons. The van der Waals surface area contributed by atoms with Gasteiger partial charge in [-0.1, -0.05) is 0 Å². The number of hydrogen-bond acceptors (Lipinski definition) is 8. The SMILES string of the molecule is [B]P(=O)(OC[C@H]1O[C@@H](n2cc(C)c(=O)[nH]c2=O)C[C@@H]1F)OP(=O)(O)C(F)(F)P(=O)(O)O. The molecule has 0 aromatic carbocycles. The van der Waals surface area contributed by atoms with Gasteiger partial charge in [0.15, 0.2) is 0 Å². The third kappa shape index (κ3) is 5.68. The van der Waals surface area contributed by atoms with Gasteiger partial charge in [0.05, 0.1) is 6.61 Å². The number of aromatic amines is 1. The molecule has 0 spiro atoms. The van der Waals surface area contributed by atoms with Gasteiger partial charge in [-0.3, -0.25) is 28.0 Å².